The fraction of sp³-hybridized carbons (Fsp3) is 0.417. The maximum Gasteiger partial charge on any atom is 0.405 e. The number of hydrogen-bond donors (Lipinski definition) is 2. The zero-order valence-corrected chi connectivity index (χ0v) is 12.4. The van der Waals surface area contributed by atoms with Crippen LogP contribution in [0, 0.1) is 0 Å². The summed E-state index contributed by atoms with van der Waals surface area (Å²) >= 11 is 3.21. The molecule has 1 rings (SSSR count). The van der Waals surface area contributed by atoms with Crippen molar-refractivity contribution in [2.24, 2.45) is 10.9 Å². The van der Waals surface area contributed by atoms with E-state index in [0.717, 1.165) is 0 Å². The van der Waals surface area contributed by atoms with Crippen LogP contribution in [0.1, 0.15) is 18.9 Å². The molecule has 112 valence electrons. The first-order chi connectivity index (χ1) is 9.28. The molecule has 0 radical (unpaired) electrons. The largest absolute Gasteiger partial charge is 0.409 e. The molecule has 0 fully saturated rings. The maximum atomic E-state index is 12.6. The number of alkyl halides is 3. The van der Waals surface area contributed by atoms with E-state index in [2.05, 4.69) is 21.1 Å². The van der Waals surface area contributed by atoms with Gasteiger partial charge in [-0.25, -0.2) is 0 Å². The molecule has 0 amide bonds. The van der Waals surface area contributed by atoms with E-state index in [-0.39, 0.29) is 23.6 Å². The number of halogens is 4. The van der Waals surface area contributed by atoms with E-state index in [9.17, 15) is 13.2 Å². The molecule has 0 aliphatic heterocycles. The van der Waals surface area contributed by atoms with E-state index >= 15 is 0 Å². The third-order valence-corrected chi connectivity index (χ3v) is 3.04. The number of rotatable bonds is 5. The Morgan fingerprint density at radius 3 is 2.60 bits per heavy atom. The lowest BCUT2D eigenvalue weighted by molar-refractivity contribution is -0.119. The molecule has 1 aromatic carbocycles. The fourth-order valence-electron chi connectivity index (χ4n) is 1.81. The van der Waals surface area contributed by atoms with Gasteiger partial charge < -0.3 is 15.8 Å². The van der Waals surface area contributed by atoms with Crippen molar-refractivity contribution >= 4 is 27.5 Å². The van der Waals surface area contributed by atoms with E-state index in [0.29, 0.717) is 10.9 Å². The Bertz CT molecular complexity index is 491. The lowest BCUT2D eigenvalue weighted by atomic mass is 10.1. The zero-order valence-electron chi connectivity index (χ0n) is 10.8. The van der Waals surface area contributed by atoms with Gasteiger partial charge in [0.25, 0.3) is 0 Å². The van der Waals surface area contributed by atoms with Crippen molar-refractivity contribution in [3.8, 4) is 0 Å². The van der Waals surface area contributed by atoms with Crippen LogP contribution in [0.3, 0.4) is 0 Å². The number of anilines is 1. The van der Waals surface area contributed by atoms with E-state index in [1.165, 1.54) is 17.0 Å². The molecule has 0 saturated heterocycles. The second-order valence-corrected chi connectivity index (χ2v) is 5.10. The predicted octanol–water partition coefficient (Wildman–Crippen LogP) is 3.32. The van der Waals surface area contributed by atoms with Crippen LogP contribution in [0.25, 0.3) is 0 Å². The monoisotopic (exact) mass is 353 g/mol. The lowest BCUT2D eigenvalue weighted by Crippen LogP contribution is -2.36. The molecule has 0 aromatic heterocycles. The summed E-state index contributed by atoms with van der Waals surface area (Å²) in [5.41, 5.74) is 6.06. The minimum absolute atomic E-state index is 0.215. The molecule has 20 heavy (non-hydrogen) atoms. The highest BCUT2D eigenvalue weighted by molar-refractivity contribution is 9.10. The molecule has 0 heterocycles. The first-order valence-electron chi connectivity index (χ1n) is 5.87. The van der Waals surface area contributed by atoms with Gasteiger partial charge in [-0.05, 0) is 24.6 Å². The summed E-state index contributed by atoms with van der Waals surface area (Å²) in [6.45, 7) is 0.909. The molecule has 1 aromatic rings. The molecule has 0 spiro atoms. The molecule has 0 atom stereocenters. The molecular formula is C12H15BrF3N3O. The van der Waals surface area contributed by atoms with Gasteiger partial charge in [-0.1, -0.05) is 28.0 Å². The first-order valence-corrected chi connectivity index (χ1v) is 6.67. The molecule has 0 aliphatic rings. The first kappa shape index (κ1) is 16.6. The highest BCUT2D eigenvalue weighted by Crippen LogP contribution is 2.28. The van der Waals surface area contributed by atoms with Crippen LogP contribution in [-0.2, 0) is 0 Å². The number of nitrogens with two attached hydrogens (primary N) is 1. The maximum absolute atomic E-state index is 12.6. The summed E-state index contributed by atoms with van der Waals surface area (Å²) in [5, 5.41) is 11.6. The summed E-state index contributed by atoms with van der Waals surface area (Å²) in [7, 11) is 0. The molecular weight excluding hydrogens is 339 g/mol. The van der Waals surface area contributed by atoms with Crippen LogP contribution in [0.2, 0.25) is 0 Å². The van der Waals surface area contributed by atoms with Crippen molar-refractivity contribution in [2.45, 2.75) is 19.5 Å². The molecule has 0 bridgehead atoms. The Kier molecular flexibility index (Phi) is 5.67. The van der Waals surface area contributed by atoms with Gasteiger partial charge in [0.1, 0.15) is 6.54 Å². The number of nitrogens with zero attached hydrogens (tertiary/aromatic N) is 2. The smallest absolute Gasteiger partial charge is 0.405 e. The van der Waals surface area contributed by atoms with Gasteiger partial charge in [-0.3, -0.25) is 0 Å². The highest BCUT2D eigenvalue weighted by atomic mass is 79.9. The predicted molar refractivity (Wildman–Crippen MR) is 75.2 cm³/mol. The quantitative estimate of drug-likeness (QED) is 0.369. The summed E-state index contributed by atoms with van der Waals surface area (Å²) in [4.78, 5) is 1.17. The number of amidine groups is 1. The van der Waals surface area contributed by atoms with Gasteiger partial charge in [0.2, 0.25) is 0 Å². The molecule has 0 saturated carbocycles. The summed E-state index contributed by atoms with van der Waals surface area (Å²) < 4.78 is 38.6. The minimum atomic E-state index is -4.33. The topological polar surface area (TPSA) is 61.8 Å². The van der Waals surface area contributed by atoms with Crippen molar-refractivity contribution in [1.82, 2.24) is 0 Å². The summed E-state index contributed by atoms with van der Waals surface area (Å²) in [6.07, 6.45) is -3.79. The van der Waals surface area contributed by atoms with E-state index in [1.807, 2.05) is 0 Å². The molecule has 0 unspecified atom stereocenters. The summed E-state index contributed by atoms with van der Waals surface area (Å²) in [6, 6.07) is 4.64. The van der Waals surface area contributed by atoms with Gasteiger partial charge in [0, 0.05) is 22.3 Å². The normalized spacial score (nSPS) is 12.6. The lowest BCUT2D eigenvalue weighted by Gasteiger charge is -2.27. The van der Waals surface area contributed by atoms with Gasteiger partial charge in [-0.2, -0.15) is 13.2 Å². The second-order valence-electron chi connectivity index (χ2n) is 4.18. The number of hydrogen-bond acceptors (Lipinski definition) is 3. The minimum Gasteiger partial charge on any atom is -0.409 e. The second kappa shape index (κ2) is 6.83. The average Bonchev–Trinajstić information content (AvgIpc) is 2.35. The van der Waals surface area contributed by atoms with Crippen LogP contribution >= 0.6 is 15.9 Å². The Morgan fingerprint density at radius 1 is 1.45 bits per heavy atom. The third kappa shape index (κ3) is 4.59. The van der Waals surface area contributed by atoms with Crippen LogP contribution < -0.4 is 10.6 Å². The van der Waals surface area contributed by atoms with Crippen molar-refractivity contribution in [3.63, 3.8) is 0 Å². The molecule has 4 nitrogen and oxygen atoms in total. The highest BCUT2D eigenvalue weighted by Gasteiger charge is 2.31. The summed E-state index contributed by atoms with van der Waals surface area (Å²) in [5.74, 6) is -0.232. The SMILES string of the molecule is CCCN(CC(F)(F)F)c1ccc(Br)cc1/C(N)=N/O. The van der Waals surface area contributed by atoms with Gasteiger partial charge in [0.05, 0.1) is 0 Å². The fourth-order valence-corrected chi connectivity index (χ4v) is 2.18. The van der Waals surface area contributed by atoms with Crippen LogP contribution in [0.5, 0.6) is 0 Å². The van der Waals surface area contributed by atoms with Crippen LogP contribution in [-0.4, -0.2) is 30.3 Å². The van der Waals surface area contributed by atoms with Gasteiger partial charge in [0.15, 0.2) is 5.84 Å². The van der Waals surface area contributed by atoms with Crippen LogP contribution in [0.4, 0.5) is 18.9 Å². The average molecular weight is 354 g/mol. The molecule has 3 N–H and O–H groups in total. The Balaban J connectivity index is 3.25. The zero-order chi connectivity index (χ0) is 15.3. The molecule has 0 aliphatic carbocycles. The van der Waals surface area contributed by atoms with Gasteiger partial charge >= 0.3 is 6.18 Å². The number of oxime groups is 1. The molecule has 8 heteroatoms. The number of benzene rings is 1. The van der Waals surface area contributed by atoms with Crippen molar-refractivity contribution in [3.05, 3.63) is 28.2 Å². The van der Waals surface area contributed by atoms with E-state index in [4.69, 9.17) is 10.9 Å². The van der Waals surface area contributed by atoms with Crippen LogP contribution in [0.15, 0.2) is 27.8 Å². The Hall–Kier alpha value is -1.44. The van der Waals surface area contributed by atoms with Crippen molar-refractivity contribution in [1.29, 1.82) is 0 Å². The third-order valence-electron chi connectivity index (χ3n) is 2.55. The van der Waals surface area contributed by atoms with E-state index in [1.54, 1.807) is 13.0 Å². The van der Waals surface area contributed by atoms with Crippen molar-refractivity contribution < 1.29 is 18.4 Å². The van der Waals surface area contributed by atoms with Gasteiger partial charge in [-0.15, -0.1) is 0 Å². The van der Waals surface area contributed by atoms with Crippen molar-refractivity contribution in [2.75, 3.05) is 18.0 Å². The Morgan fingerprint density at radius 2 is 2.10 bits per heavy atom. The van der Waals surface area contributed by atoms with E-state index < -0.39 is 12.7 Å². The standard InChI is InChI=1S/C12H15BrF3N3O/c1-2-5-19(7-12(14,15)16)10-4-3-8(13)6-9(10)11(17)18-20/h3-4,6,20H,2,5,7H2,1H3,(H2,17,18). The Labute approximate surface area is 123 Å².